The van der Waals surface area contributed by atoms with Crippen LogP contribution in [0, 0.1) is 16.7 Å². The van der Waals surface area contributed by atoms with E-state index < -0.39 is 10.8 Å². The van der Waals surface area contributed by atoms with Gasteiger partial charge in [-0.2, -0.15) is 0 Å². The highest BCUT2D eigenvalue weighted by atomic mass is 16.5. The summed E-state index contributed by atoms with van der Waals surface area (Å²) in [5.41, 5.74) is -1.45. The van der Waals surface area contributed by atoms with Crippen LogP contribution in [-0.2, 0) is 19.1 Å². The Hall–Kier alpha value is -1.10. The van der Waals surface area contributed by atoms with Gasteiger partial charge in [0.1, 0.15) is 6.61 Å². The number of ether oxygens (including phenoxy) is 2. The molecular formula is C20H39NO4. The quantitative estimate of drug-likeness (QED) is 0.474. The first-order valence-electron chi connectivity index (χ1n) is 9.33. The van der Waals surface area contributed by atoms with Crippen molar-refractivity contribution in [1.82, 2.24) is 5.32 Å². The molecular weight excluding hydrogens is 318 g/mol. The van der Waals surface area contributed by atoms with Crippen LogP contribution in [0.25, 0.3) is 0 Å². The Kier molecular flexibility index (Phi) is 9.14. The molecule has 1 unspecified atom stereocenters. The van der Waals surface area contributed by atoms with Gasteiger partial charge in [-0.3, -0.25) is 9.59 Å². The molecule has 0 spiro atoms. The molecule has 0 amide bonds. The maximum absolute atomic E-state index is 12.5. The molecule has 0 aromatic heterocycles. The molecule has 0 aromatic carbocycles. The molecule has 0 saturated heterocycles. The van der Waals surface area contributed by atoms with Gasteiger partial charge in [0.05, 0.1) is 17.4 Å². The van der Waals surface area contributed by atoms with Gasteiger partial charge in [-0.1, -0.05) is 20.8 Å². The Labute approximate surface area is 154 Å². The van der Waals surface area contributed by atoms with Crippen LogP contribution >= 0.6 is 0 Å². The number of carbonyl (C=O) groups is 2. The molecule has 1 N–H and O–H groups in total. The van der Waals surface area contributed by atoms with Crippen LogP contribution < -0.4 is 5.32 Å². The van der Waals surface area contributed by atoms with E-state index in [1.807, 2.05) is 41.5 Å². The fraction of sp³-hybridized carbons (Fsp3) is 0.900. The van der Waals surface area contributed by atoms with E-state index in [2.05, 4.69) is 26.1 Å². The molecule has 0 bridgehead atoms. The number of nitrogens with one attached hydrogen (secondary N) is 1. The summed E-state index contributed by atoms with van der Waals surface area (Å²) in [7, 11) is 0. The third-order valence-corrected chi connectivity index (χ3v) is 4.20. The molecule has 148 valence electrons. The zero-order valence-corrected chi connectivity index (χ0v) is 17.7. The Morgan fingerprint density at radius 3 is 1.96 bits per heavy atom. The van der Waals surface area contributed by atoms with Gasteiger partial charge in [0.2, 0.25) is 0 Å². The lowest BCUT2D eigenvalue weighted by atomic mass is 9.72. The summed E-state index contributed by atoms with van der Waals surface area (Å²) in [6, 6.07) is 0. The molecule has 0 radical (unpaired) electrons. The molecule has 0 saturated carbocycles. The van der Waals surface area contributed by atoms with Gasteiger partial charge in [0, 0.05) is 12.1 Å². The normalized spacial score (nSPS) is 15.0. The summed E-state index contributed by atoms with van der Waals surface area (Å²) < 4.78 is 10.8. The Bertz CT molecular complexity index is 437. The third-order valence-electron chi connectivity index (χ3n) is 4.20. The fourth-order valence-electron chi connectivity index (χ4n) is 2.57. The van der Waals surface area contributed by atoms with E-state index in [-0.39, 0.29) is 17.5 Å². The van der Waals surface area contributed by atoms with Crippen LogP contribution in [0.2, 0.25) is 0 Å². The van der Waals surface area contributed by atoms with Gasteiger partial charge in [-0.25, -0.2) is 0 Å². The molecule has 0 aliphatic rings. The van der Waals surface area contributed by atoms with Crippen molar-refractivity contribution in [3.8, 4) is 0 Å². The largest absolute Gasteiger partial charge is 0.465 e. The van der Waals surface area contributed by atoms with E-state index in [1.54, 1.807) is 0 Å². The van der Waals surface area contributed by atoms with E-state index in [0.29, 0.717) is 38.5 Å². The first-order valence-corrected chi connectivity index (χ1v) is 9.33. The van der Waals surface area contributed by atoms with Crippen LogP contribution in [0.4, 0.5) is 0 Å². The standard InChI is InChI=1S/C20H39NO4/c1-10-20(9,17(23)25-13-15(2)3)14-19(7,8)16(22)24-12-11-21-18(4,5)6/h15,21H,10-14H2,1-9H3. The highest BCUT2D eigenvalue weighted by Crippen LogP contribution is 2.38. The average molecular weight is 358 g/mol. The second-order valence-electron chi connectivity index (χ2n) is 9.28. The number of rotatable bonds is 10. The maximum Gasteiger partial charge on any atom is 0.311 e. The topological polar surface area (TPSA) is 64.6 Å². The first kappa shape index (κ1) is 23.9. The van der Waals surface area contributed by atoms with Gasteiger partial charge < -0.3 is 14.8 Å². The molecule has 0 aliphatic carbocycles. The summed E-state index contributed by atoms with van der Waals surface area (Å²) in [5.74, 6) is -0.225. The SMILES string of the molecule is CCC(C)(CC(C)(C)C(=O)OCCNC(C)(C)C)C(=O)OCC(C)C. The molecule has 0 fully saturated rings. The minimum absolute atomic E-state index is 0.0110. The van der Waals surface area contributed by atoms with Crippen molar-refractivity contribution in [1.29, 1.82) is 0 Å². The maximum atomic E-state index is 12.5. The zero-order valence-electron chi connectivity index (χ0n) is 17.7. The predicted molar refractivity (Wildman–Crippen MR) is 101 cm³/mol. The van der Waals surface area contributed by atoms with Crippen molar-refractivity contribution in [3.63, 3.8) is 0 Å². The molecule has 25 heavy (non-hydrogen) atoms. The number of hydrogen-bond acceptors (Lipinski definition) is 5. The van der Waals surface area contributed by atoms with Gasteiger partial charge >= 0.3 is 11.9 Å². The second-order valence-corrected chi connectivity index (χ2v) is 9.28. The summed E-state index contributed by atoms with van der Waals surface area (Å²) in [5, 5.41) is 3.28. The molecule has 0 rings (SSSR count). The molecule has 0 aliphatic heterocycles. The molecule has 0 heterocycles. The lowest BCUT2D eigenvalue weighted by Gasteiger charge is -2.34. The van der Waals surface area contributed by atoms with Crippen LogP contribution in [-0.4, -0.2) is 37.2 Å². The number of carbonyl (C=O) groups excluding carboxylic acids is 2. The molecule has 5 nitrogen and oxygen atoms in total. The summed E-state index contributed by atoms with van der Waals surface area (Å²) >= 11 is 0. The zero-order chi connectivity index (χ0) is 19.9. The van der Waals surface area contributed by atoms with Crippen LogP contribution in [0.15, 0.2) is 0 Å². The third kappa shape index (κ3) is 9.24. The number of esters is 2. The van der Waals surface area contributed by atoms with E-state index in [9.17, 15) is 9.59 Å². The summed E-state index contributed by atoms with van der Waals surface area (Å²) in [6.07, 6.45) is 1.02. The van der Waals surface area contributed by atoms with Crippen molar-refractivity contribution in [2.24, 2.45) is 16.7 Å². The van der Waals surface area contributed by atoms with Gasteiger partial charge in [0.15, 0.2) is 0 Å². The van der Waals surface area contributed by atoms with Crippen LogP contribution in [0.1, 0.15) is 75.2 Å². The van der Waals surface area contributed by atoms with Crippen molar-refractivity contribution in [2.45, 2.75) is 80.7 Å². The minimum Gasteiger partial charge on any atom is -0.465 e. The van der Waals surface area contributed by atoms with Gasteiger partial charge in [0.25, 0.3) is 0 Å². The predicted octanol–water partition coefficient (Wildman–Crippen LogP) is 3.95. The fourth-order valence-corrected chi connectivity index (χ4v) is 2.57. The molecule has 0 aromatic rings. The number of hydrogen-bond donors (Lipinski definition) is 1. The van der Waals surface area contributed by atoms with E-state index in [4.69, 9.17) is 9.47 Å². The van der Waals surface area contributed by atoms with E-state index >= 15 is 0 Å². The highest BCUT2D eigenvalue weighted by molar-refractivity contribution is 5.80. The lowest BCUT2D eigenvalue weighted by molar-refractivity contribution is -0.163. The van der Waals surface area contributed by atoms with Crippen molar-refractivity contribution < 1.29 is 19.1 Å². The lowest BCUT2D eigenvalue weighted by Crippen LogP contribution is -2.41. The second kappa shape index (κ2) is 9.56. The van der Waals surface area contributed by atoms with Crippen molar-refractivity contribution in [3.05, 3.63) is 0 Å². The van der Waals surface area contributed by atoms with Crippen LogP contribution in [0.3, 0.4) is 0 Å². The molecule has 5 heteroatoms. The minimum atomic E-state index is -0.747. The average Bonchev–Trinajstić information content (AvgIpc) is 2.47. The Balaban J connectivity index is 4.71. The highest BCUT2D eigenvalue weighted by Gasteiger charge is 2.42. The van der Waals surface area contributed by atoms with Gasteiger partial charge in [-0.05, 0) is 60.3 Å². The van der Waals surface area contributed by atoms with E-state index in [0.717, 1.165) is 0 Å². The van der Waals surface area contributed by atoms with Crippen LogP contribution in [0.5, 0.6) is 0 Å². The Morgan fingerprint density at radius 2 is 1.52 bits per heavy atom. The smallest absolute Gasteiger partial charge is 0.311 e. The Morgan fingerprint density at radius 1 is 0.960 bits per heavy atom. The van der Waals surface area contributed by atoms with Crippen molar-refractivity contribution in [2.75, 3.05) is 19.8 Å². The molecule has 1 atom stereocenters. The summed E-state index contributed by atoms with van der Waals surface area (Å²) in [6.45, 7) is 19.0. The van der Waals surface area contributed by atoms with Gasteiger partial charge in [-0.15, -0.1) is 0 Å². The van der Waals surface area contributed by atoms with E-state index in [1.165, 1.54) is 0 Å². The first-order chi connectivity index (χ1) is 11.2. The van der Waals surface area contributed by atoms with Crippen molar-refractivity contribution >= 4 is 11.9 Å². The monoisotopic (exact) mass is 357 g/mol. The summed E-state index contributed by atoms with van der Waals surface area (Å²) in [4.78, 5) is 25.0.